The second kappa shape index (κ2) is 6.15. The van der Waals surface area contributed by atoms with Crippen LogP contribution in [0.1, 0.15) is 19.3 Å². The van der Waals surface area contributed by atoms with Crippen LogP contribution in [0.15, 0.2) is 12.7 Å². The highest BCUT2D eigenvalue weighted by molar-refractivity contribution is 5.68. The quantitative estimate of drug-likeness (QED) is 0.698. The molecule has 1 fully saturated rings. The predicted octanol–water partition coefficient (Wildman–Crippen LogP) is 1.50. The van der Waals surface area contributed by atoms with Gasteiger partial charge in [0.1, 0.15) is 6.61 Å². The number of ether oxygens (including phenoxy) is 1. The monoisotopic (exact) mass is 227 g/mol. The Morgan fingerprint density at radius 1 is 1.50 bits per heavy atom. The molecule has 1 N–H and O–H groups in total. The molecule has 1 saturated heterocycles. The number of carboxylic acid groups (broad SMARTS) is 1. The smallest absolute Gasteiger partial charge is 0.410 e. The van der Waals surface area contributed by atoms with E-state index in [0.717, 1.165) is 6.42 Å². The Morgan fingerprint density at radius 3 is 2.75 bits per heavy atom. The zero-order valence-electron chi connectivity index (χ0n) is 9.22. The van der Waals surface area contributed by atoms with Gasteiger partial charge in [0.15, 0.2) is 0 Å². The number of hydrogen-bond acceptors (Lipinski definition) is 3. The van der Waals surface area contributed by atoms with E-state index in [4.69, 9.17) is 9.84 Å². The van der Waals surface area contributed by atoms with Crippen LogP contribution in [-0.2, 0) is 9.53 Å². The molecule has 0 aromatic rings. The van der Waals surface area contributed by atoms with Gasteiger partial charge < -0.3 is 14.7 Å². The third-order valence-electron chi connectivity index (χ3n) is 2.54. The van der Waals surface area contributed by atoms with Crippen molar-refractivity contribution >= 4 is 12.1 Å². The summed E-state index contributed by atoms with van der Waals surface area (Å²) in [6, 6.07) is 0. The summed E-state index contributed by atoms with van der Waals surface area (Å²) in [5, 5.41) is 8.46. The van der Waals surface area contributed by atoms with E-state index in [9.17, 15) is 9.59 Å². The average Bonchev–Trinajstić information content (AvgIpc) is 2.17. The van der Waals surface area contributed by atoms with Crippen molar-refractivity contribution in [3.63, 3.8) is 0 Å². The van der Waals surface area contributed by atoms with E-state index in [1.165, 1.54) is 6.08 Å². The first-order chi connectivity index (χ1) is 7.63. The number of carbonyl (C=O) groups is 2. The van der Waals surface area contributed by atoms with Gasteiger partial charge in [-0.15, -0.1) is 0 Å². The fraction of sp³-hybridized carbons (Fsp3) is 0.636. The molecule has 0 aromatic heterocycles. The summed E-state index contributed by atoms with van der Waals surface area (Å²) in [6.45, 7) is 5.04. The highest BCUT2D eigenvalue weighted by Gasteiger charge is 2.30. The van der Waals surface area contributed by atoms with E-state index in [-0.39, 0.29) is 19.1 Å². The van der Waals surface area contributed by atoms with E-state index in [0.29, 0.717) is 25.4 Å². The van der Waals surface area contributed by atoms with Gasteiger partial charge >= 0.3 is 12.1 Å². The minimum atomic E-state index is -0.762. The molecule has 1 aliphatic rings. The highest BCUT2D eigenvalue weighted by atomic mass is 16.6. The van der Waals surface area contributed by atoms with Gasteiger partial charge in [-0.3, -0.25) is 4.79 Å². The Balaban J connectivity index is 2.06. The number of likely N-dealkylation sites (tertiary alicyclic amines) is 1. The molecule has 0 atom stereocenters. The Kier molecular flexibility index (Phi) is 4.82. The predicted molar refractivity (Wildman–Crippen MR) is 58.1 cm³/mol. The van der Waals surface area contributed by atoms with Gasteiger partial charge in [-0.2, -0.15) is 0 Å². The Labute approximate surface area is 94.7 Å². The van der Waals surface area contributed by atoms with Gasteiger partial charge in [0, 0.05) is 19.5 Å². The van der Waals surface area contributed by atoms with Crippen LogP contribution in [0.5, 0.6) is 0 Å². The Bertz CT molecular complexity index is 271. The molecule has 0 aromatic carbocycles. The van der Waals surface area contributed by atoms with E-state index in [2.05, 4.69) is 6.58 Å². The standard InChI is InChI=1S/C11H17NO4/c1-2-6-16-11(15)12-7-9(8-12)4-3-5-10(13)14/h2,9H,1,3-8H2,(H,13,14). The molecule has 5 nitrogen and oxygen atoms in total. The number of carboxylic acids is 1. The molecule has 0 spiro atoms. The van der Waals surface area contributed by atoms with Gasteiger partial charge in [0.05, 0.1) is 0 Å². The van der Waals surface area contributed by atoms with Crippen molar-refractivity contribution in [2.24, 2.45) is 5.92 Å². The largest absolute Gasteiger partial charge is 0.481 e. The maximum absolute atomic E-state index is 11.3. The van der Waals surface area contributed by atoms with Crippen molar-refractivity contribution in [3.05, 3.63) is 12.7 Å². The second-order valence-electron chi connectivity index (χ2n) is 3.92. The summed E-state index contributed by atoms with van der Waals surface area (Å²) < 4.78 is 4.86. The van der Waals surface area contributed by atoms with Gasteiger partial charge in [0.2, 0.25) is 0 Å². The molecule has 0 radical (unpaired) electrons. The Morgan fingerprint density at radius 2 is 2.19 bits per heavy atom. The van der Waals surface area contributed by atoms with Crippen LogP contribution in [0.25, 0.3) is 0 Å². The van der Waals surface area contributed by atoms with Gasteiger partial charge in [-0.1, -0.05) is 12.7 Å². The Hall–Kier alpha value is -1.52. The van der Waals surface area contributed by atoms with Gasteiger partial charge in [-0.25, -0.2) is 4.79 Å². The van der Waals surface area contributed by atoms with Crippen LogP contribution >= 0.6 is 0 Å². The number of rotatable bonds is 6. The number of carbonyl (C=O) groups excluding carboxylic acids is 1. The average molecular weight is 227 g/mol. The number of amides is 1. The highest BCUT2D eigenvalue weighted by Crippen LogP contribution is 2.21. The SMILES string of the molecule is C=CCOC(=O)N1CC(CCCC(=O)O)C1. The van der Waals surface area contributed by atoms with E-state index < -0.39 is 5.97 Å². The summed E-state index contributed by atoms with van der Waals surface area (Å²) in [4.78, 5) is 23.2. The summed E-state index contributed by atoms with van der Waals surface area (Å²) in [5.41, 5.74) is 0. The van der Waals surface area contributed by atoms with Crippen LogP contribution in [0, 0.1) is 5.92 Å². The lowest BCUT2D eigenvalue weighted by Gasteiger charge is -2.38. The van der Waals surface area contributed by atoms with Crippen LogP contribution in [-0.4, -0.2) is 41.8 Å². The van der Waals surface area contributed by atoms with Crippen molar-refractivity contribution in [2.45, 2.75) is 19.3 Å². The number of nitrogens with zero attached hydrogens (tertiary/aromatic N) is 1. The van der Waals surface area contributed by atoms with Crippen molar-refractivity contribution in [3.8, 4) is 0 Å². The van der Waals surface area contributed by atoms with Gasteiger partial charge in [-0.05, 0) is 18.8 Å². The molecule has 0 saturated carbocycles. The molecule has 1 amide bonds. The molecule has 5 heteroatoms. The van der Waals surface area contributed by atoms with Crippen LogP contribution in [0.3, 0.4) is 0 Å². The van der Waals surface area contributed by atoms with Crippen molar-refractivity contribution in [1.29, 1.82) is 0 Å². The fourth-order valence-electron chi connectivity index (χ4n) is 1.66. The number of hydrogen-bond donors (Lipinski definition) is 1. The first kappa shape index (κ1) is 12.5. The molecule has 1 heterocycles. The summed E-state index contributed by atoms with van der Waals surface area (Å²) >= 11 is 0. The molecule has 0 bridgehead atoms. The van der Waals surface area contributed by atoms with Crippen molar-refractivity contribution < 1.29 is 19.4 Å². The van der Waals surface area contributed by atoms with Crippen molar-refractivity contribution in [2.75, 3.05) is 19.7 Å². The molecule has 1 rings (SSSR count). The minimum Gasteiger partial charge on any atom is -0.481 e. The fourth-order valence-corrected chi connectivity index (χ4v) is 1.66. The number of aliphatic carboxylic acids is 1. The molecular weight excluding hydrogens is 210 g/mol. The topological polar surface area (TPSA) is 66.8 Å². The normalized spacial score (nSPS) is 15.4. The van der Waals surface area contributed by atoms with Crippen molar-refractivity contribution in [1.82, 2.24) is 4.90 Å². The lowest BCUT2D eigenvalue weighted by Crippen LogP contribution is -2.50. The van der Waals surface area contributed by atoms with E-state index >= 15 is 0 Å². The second-order valence-corrected chi connectivity index (χ2v) is 3.92. The lowest BCUT2D eigenvalue weighted by molar-refractivity contribution is -0.137. The maximum Gasteiger partial charge on any atom is 0.410 e. The zero-order valence-corrected chi connectivity index (χ0v) is 9.22. The first-order valence-corrected chi connectivity index (χ1v) is 5.38. The summed E-state index contributed by atoms with van der Waals surface area (Å²) in [5.74, 6) is -0.336. The third-order valence-corrected chi connectivity index (χ3v) is 2.54. The third kappa shape index (κ3) is 3.92. The molecular formula is C11H17NO4. The molecule has 0 unspecified atom stereocenters. The molecule has 0 aliphatic carbocycles. The molecule has 1 aliphatic heterocycles. The first-order valence-electron chi connectivity index (χ1n) is 5.38. The molecule has 90 valence electrons. The van der Waals surface area contributed by atoms with Crippen LogP contribution in [0.4, 0.5) is 4.79 Å². The van der Waals surface area contributed by atoms with Gasteiger partial charge in [0.25, 0.3) is 0 Å². The van der Waals surface area contributed by atoms with E-state index in [1.807, 2.05) is 0 Å². The summed E-state index contributed by atoms with van der Waals surface area (Å²) in [6.07, 6.45) is 2.96. The van der Waals surface area contributed by atoms with E-state index in [1.54, 1.807) is 4.90 Å². The lowest BCUT2D eigenvalue weighted by atomic mass is 9.94. The van der Waals surface area contributed by atoms with Crippen LogP contribution in [0.2, 0.25) is 0 Å². The maximum atomic E-state index is 11.3. The van der Waals surface area contributed by atoms with Crippen LogP contribution < -0.4 is 0 Å². The zero-order chi connectivity index (χ0) is 12.0. The summed E-state index contributed by atoms with van der Waals surface area (Å²) in [7, 11) is 0. The minimum absolute atomic E-state index is 0.206. The molecule has 16 heavy (non-hydrogen) atoms.